The summed E-state index contributed by atoms with van der Waals surface area (Å²) in [5, 5.41) is 0.605. The summed E-state index contributed by atoms with van der Waals surface area (Å²) in [4.78, 5) is 4.79. The van der Waals surface area contributed by atoms with Gasteiger partial charge in [0, 0.05) is 6.54 Å². The molecule has 0 atom stereocenters. The molecule has 0 saturated heterocycles. The van der Waals surface area contributed by atoms with Crippen molar-refractivity contribution in [2.75, 3.05) is 6.61 Å². The number of hydrogen-bond acceptors (Lipinski definition) is 3. The molecule has 31 heavy (non-hydrogen) atoms. The number of halogens is 1. The first-order valence-electron chi connectivity index (χ1n) is 10.6. The van der Waals surface area contributed by atoms with Crippen molar-refractivity contribution >= 4 is 22.6 Å². The lowest BCUT2D eigenvalue weighted by molar-refractivity contribution is 0.285. The lowest BCUT2D eigenvalue weighted by Crippen LogP contribution is -2.09. The maximum Gasteiger partial charge on any atom is 0.147 e. The summed E-state index contributed by atoms with van der Waals surface area (Å²) in [5.74, 6) is 2.51. The monoisotopic (exact) mass is 434 g/mol. The third-order valence-corrected chi connectivity index (χ3v) is 5.76. The number of hydrogen-bond donors (Lipinski definition) is 0. The molecule has 0 amide bonds. The van der Waals surface area contributed by atoms with Crippen molar-refractivity contribution < 1.29 is 9.47 Å². The Morgan fingerprint density at radius 2 is 1.68 bits per heavy atom. The molecule has 4 rings (SSSR count). The van der Waals surface area contributed by atoms with Gasteiger partial charge in [0.2, 0.25) is 0 Å². The van der Waals surface area contributed by atoms with Crippen LogP contribution in [0.4, 0.5) is 0 Å². The molecule has 4 aromatic rings. The maximum atomic E-state index is 6.23. The van der Waals surface area contributed by atoms with E-state index >= 15 is 0 Å². The van der Waals surface area contributed by atoms with Crippen LogP contribution in [-0.2, 0) is 13.2 Å². The molecule has 0 saturated carbocycles. The average Bonchev–Trinajstić information content (AvgIpc) is 3.13. The highest BCUT2D eigenvalue weighted by Gasteiger charge is 2.12. The van der Waals surface area contributed by atoms with Crippen LogP contribution in [0.15, 0.2) is 66.7 Å². The Kier molecular flexibility index (Phi) is 6.78. The summed E-state index contributed by atoms with van der Waals surface area (Å²) >= 11 is 6.23. The first-order chi connectivity index (χ1) is 15.1. The van der Waals surface area contributed by atoms with E-state index in [1.807, 2.05) is 48.5 Å². The van der Waals surface area contributed by atoms with Gasteiger partial charge in [0.15, 0.2) is 0 Å². The summed E-state index contributed by atoms with van der Waals surface area (Å²) in [5.41, 5.74) is 4.64. The number of fused-ring (bicyclic) bond motifs is 1. The summed E-state index contributed by atoms with van der Waals surface area (Å²) in [6.45, 7) is 6.15. The van der Waals surface area contributed by atoms with Crippen molar-refractivity contribution in [3.8, 4) is 11.5 Å². The number of para-hydroxylation sites is 3. The molecule has 0 fully saturated rings. The highest BCUT2D eigenvalue weighted by molar-refractivity contribution is 6.32. The van der Waals surface area contributed by atoms with E-state index in [9.17, 15) is 0 Å². The predicted octanol–water partition coefficient (Wildman–Crippen LogP) is 6.74. The number of rotatable bonds is 9. The van der Waals surface area contributed by atoms with Crippen molar-refractivity contribution in [1.29, 1.82) is 0 Å². The fraction of sp³-hybridized carbons (Fsp3) is 0.269. The molecular weight excluding hydrogens is 408 g/mol. The molecule has 4 nitrogen and oxygen atoms in total. The van der Waals surface area contributed by atoms with Gasteiger partial charge in [0.1, 0.15) is 23.9 Å². The molecule has 0 aliphatic heterocycles. The number of ether oxygens (including phenoxy) is 2. The predicted molar refractivity (Wildman–Crippen MR) is 126 cm³/mol. The maximum absolute atomic E-state index is 6.23. The van der Waals surface area contributed by atoms with E-state index in [2.05, 4.69) is 36.6 Å². The first kappa shape index (κ1) is 21.3. The Morgan fingerprint density at radius 1 is 0.871 bits per heavy atom. The molecule has 0 spiro atoms. The molecule has 0 N–H and O–H groups in total. The minimum Gasteiger partial charge on any atom is -0.494 e. The van der Waals surface area contributed by atoms with Gasteiger partial charge in [-0.15, -0.1) is 0 Å². The number of aryl methyl sites for hydroxylation is 3. The highest BCUT2D eigenvalue weighted by atomic mass is 35.5. The largest absolute Gasteiger partial charge is 0.494 e. The number of imidazole rings is 1. The Labute approximate surface area is 188 Å². The van der Waals surface area contributed by atoms with Crippen LogP contribution in [0.5, 0.6) is 11.5 Å². The number of benzene rings is 3. The SMILES string of the molecule is Cc1ccc(OCCCCn2c(COc3ccccc3Cl)nc3ccccc32)cc1C. The molecule has 3 aromatic carbocycles. The first-order valence-corrected chi connectivity index (χ1v) is 11.0. The van der Waals surface area contributed by atoms with Gasteiger partial charge < -0.3 is 14.0 Å². The van der Waals surface area contributed by atoms with Gasteiger partial charge in [-0.3, -0.25) is 0 Å². The van der Waals surface area contributed by atoms with E-state index in [-0.39, 0.29) is 0 Å². The van der Waals surface area contributed by atoms with Gasteiger partial charge in [0.05, 0.1) is 22.7 Å². The van der Waals surface area contributed by atoms with E-state index in [1.54, 1.807) is 0 Å². The second-order valence-corrected chi connectivity index (χ2v) is 8.10. The average molecular weight is 435 g/mol. The van der Waals surface area contributed by atoms with Crippen LogP contribution < -0.4 is 9.47 Å². The van der Waals surface area contributed by atoms with Crippen molar-refractivity contribution in [1.82, 2.24) is 9.55 Å². The van der Waals surface area contributed by atoms with Crippen LogP contribution in [0.3, 0.4) is 0 Å². The van der Waals surface area contributed by atoms with Gasteiger partial charge in [-0.25, -0.2) is 4.98 Å². The van der Waals surface area contributed by atoms with Crippen LogP contribution in [-0.4, -0.2) is 16.2 Å². The fourth-order valence-corrected chi connectivity index (χ4v) is 3.75. The fourth-order valence-electron chi connectivity index (χ4n) is 3.55. The molecular formula is C26H27ClN2O2. The third-order valence-electron chi connectivity index (χ3n) is 5.45. The molecule has 5 heteroatoms. The lowest BCUT2D eigenvalue weighted by Gasteiger charge is -2.12. The van der Waals surface area contributed by atoms with E-state index in [1.165, 1.54) is 11.1 Å². The molecule has 0 aliphatic carbocycles. The van der Waals surface area contributed by atoms with Crippen LogP contribution in [0.1, 0.15) is 29.8 Å². The zero-order valence-corrected chi connectivity index (χ0v) is 18.7. The summed E-state index contributed by atoms with van der Waals surface area (Å²) < 4.78 is 14.1. The Morgan fingerprint density at radius 3 is 2.52 bits per heavy atom. The summed E-state index contributed by atoms with van der Waals surface area (Å²) in [7, 11) is 0. The van der Waals surface area contributed by atoms with Crippen molar-refractivity contribution in [2.45, 2.75) is 39.8 Å². The molecule has 160 valence electrons. The zero-order chi connectivity index (χ0) is 21.6. The molecule has 0 radical (unpaired) electrons. The Hall–Kier alpha value is -2.98. The van der Waals surface area contributed by atoms with Gasteiger partial charge in [0.25, 0.3) is 0 Å². The molecule has 0 unspecified atom stereocenters. The smallest absolute Gasteiger partial charge is 0.147 e. The second-order valence-electron chi connectivity index (χ2n) is 7.69. The van der Waals surface area contributed by atoms with Crippen molar-refractivity contribution in [3.63, 3.8) is 0 Å². The number of nitrogens with zero attached hydrogens (tertiary/aromatic N) is 2. The van der Waals surface area contributed by atoms with Crippen molar-refractivity contribution in [2.24, 2.45) is 0 Å². The van der Waals surface area contributed by atoms with E-state index in [0.29, 0.717) is 24.0 Å². The van der Waals surface area contributed by atoms with Crippen LogP contribution >= 0.6 is 11.6 Å². The minimum atomic E-state index is 0.373. The molecule has 1 heterocycles. The molecule has 1 aromatic heterocycles. The zero-order valence-electron chi connectivity index (χ0n) is 18.0. The van der Waals surface area contributed by atoms with Crippen LogP contribution in [0, 0.1) is 13.8 Å². The molecule has 0 bridgehead atoms. The van der Waals surface area contributed by atoms with Gasteiger partial charge in [-0.05, 0) is 74.2 Å². The van der Waals surface area contributed by atoms with Crippen LogP contribution in [0.2, 0.25) is 5.02 Å². The second kappa shape index (κ2) is 9.88. The van der Waals surface area contributed by atoms with Gasteiger partial charge >= 0.3 is 0 Å². The Balaban J connectivity index is 1.38. The summed E-state index contributed by atoms with van der Waals surface area (Å²) in [6.07, 6.45) is 1.95. The van der Waals surface area contributed by atoms with E-state index < -0.39 is 0 Å². The van der Waals surface area contributed by atoms with E-state index in [0.717, 1.165) is 42.0 Å². The lowest BCUT2D eigenvalue weighted by atomic mass is 10.1. The minimum absolute atomic E-state index is 0.373. The quantitative estimate of drug-likeness (QED) is 0.273. The molecule has 0 aliphatic rings. The van der Waals surface area contributed by atoms with Gasteiger partial charge in [-0.2, -0.15) is 0 Å². The van der Waals surface area contributed by atoms with Crippen LogP contribution in [0.25, 0.3) is 11.0 Å². The highest BCUT2D eigenvalue weighted by Crippen LogP contribution is 2.25. The normalized spacial score (nSPS) is 11.1. The summed E-state index contributed by atoms with van der Waals surface area (Å²) in [6, 6.07) is 21.9. The topological polar surface area (TPSA) is 36.3 Å². The Bertz CT molecular complexity index is 1170. The number of unbranched alkanes of at least 4 members (excludes halogenated alkanes) is 1. The number of aromatic nitrogens is 2. The van der Waals surface area contributed by atoms with Gasteiger partial charge in [-0.1, -0.05) is 41.9 Å². The third kappa shape index (κ3) is 5.20. The van der Waals surface area contributed by atoms with E-state index in [4.69, 9.17) is 26.1 Å². The van der Waals surface area contributed by atoms with Crippen molar-refractivity contribution in [3.05, 3.63) is 88.7 Å². The standard InChI is InChI=1S/C26H27ClN2O2/c1-19-13-14-21(17-20(19)2)30-16-8-7-15-29-24-11-5-4-10-23(24)28-26(29)18-31-25-12-6-3-9-22(25)27/h3-6,9-14,17H,7-8,15-16,18H2,1-2H3.